The second-order valence-corrected chi connectivity index (χ2v) is 13.4. The van der Waals surface area contributed by atoms with Gasteiger partial charge < -0.3 is 18.0 Å². The van der Waals surface area contributed by atoms with E-state index in [0.29, 0.717) is 6.61 Å². The van der Waals surface area contributed by atoms with E-state index in [9.17, 15) is 0 Å². The minimum absolute atomic E-state index is 0.697. The van der Waals surface area contributed by atoms with E-state index in [1.807, 2.05) is 30.3 Å². The maximum absolute atomic E-state index is 6.51. The summed E-state index contributed by atoms with van der Waals surface area (Å²) in [5.41, 5.74) is 11.2. The monoisotopic (exact) mass is 642 g/mol. The molecular weight excluding hydrogens is 617 g/mol. The molecule has 1 aliphatic heterocycles. The number of rotatable bonds is 2. The van der Waals surface area contributed by atoms with Crippen LogP contribution in [0, 0.1) is 0 Å². The lowest BCUT2D eigenvalue weighted by molar-refractivity contribution is 0.357. The van der Waals surface area contributed by atoms with Gasteiger partial charge in [-0.1, -0.05) is 84.9 Å². The van der Waals surface area contributed by atoms with Crippen molar-refractivity contribution in [3.63, 3.8) is 0 Å². The fourth-order valence-electron chi connectivity index (χ4n) is 8.78. The third kappa shape index (κ3) is 3.40. The lowest BCUT2D eigenvalue weighted by atomic mass is 9.84. The van der Waals surface area contributed by atoms with Crippen LogP contribution < -0.4 is 4.74 Å². The van der Waals surface area contributed by atoms with Crippen LogP contribution in [0.4, 0.5) is 0 Å². The van der Waals surface area contributed by atoms with Crippen LogP contribution in [-0.4, -0.2) is 6.61 Å². The summed E-state index contributed by atoms with van der Waals surface area (Å²) in [6.07, 6.45) is 0.877. The third-order valence-corrected chi connectivity index (χ3v) is 10.8. The Hall–Kier alpha value is -6.52. The molecule has 0 atom stereocenters. The van der Waals surface area contributed by atoms with Crippen LogP contribution in [0.15, 0.2) is 147 Å². The fourth-order valence-corrected chi connectivity index (χ4v) is 8.78. The molecule has 0 spiro atoms. The number of hydrogen-bond donors (Lipinski definition) is 0. The van der Waals surface area contributed by atoms with E-state index < -0.39 is 0 Å². The number of fused-ring (bicyclic) bond motifs is 14. The Balaban J connectivity index is 1.19. The number of para-hydroxylation sites is 1. The van der Waals surface area contributed by atoms with Crippen molar-refractivity contribution in [3.8, 4) is 28.0 Å². The summed E-state index contributed by atoms with van der Waals surface area (Å²) < 4.78 is 25.3. The van der Waals surface area contributed by atoms with E-state index in [1.54, 1.807) is 0 Å². The normalized spacial score (nSPS) is 13.2. The SMILES string of the molecule is c1ccc2c(c1)oc1ccc3oc4ccc(-c5c6ccccc6c(-c6cccc7oc8ccc9c(c8c67)CCO9)c6ccccc56)cc4c3c12. The quantitative estimate of drug-likeness (QED) is 0.176. The Morgan fingerprint density at radius 2 is 0.920 bits per heavy atom. The summed E-state index contributed by atoms with van der Waals surface area (Å²) in [7, 11) is 0. The molecule has 3 aromatic heterocycles. The Morgan fingerprint density at radius 3 is 1.68 bits per heavy atom. The smallest absolute Gasteiger partial charge is 0.136 e. The molecule has 0 bridgehead atoms. The molecule has 11 aromatic rings. The van der Waals surface area contributed by atoms with Gasteiger partial charge in [0.25, 0.3) is 0 Å². The van der Waals surface area contributed by atoms with Crippen LogP contribution in [-0.2, 0) is 6.42 Å². The molecular formula is C46H26O4. The molecule has 50 heavy (non-hydrogen) atoms. The van der Waals surface area contributed by atoms with E-state index in [1.165, 1.54) is 49.2 Å². The van der Waals surface area contributed by atoms with Crippen molar-refractivity contribution in [2.45, 2.75) is 6.42 Å². The molecule has 4 heterocycles. The maximum atomic E-state index is 6.51. The number of ether oxygens (including phenoxy) is 1. The molecule has 4 nitrogen and oxygen atoms in total. The van der Waals surface area contributed by atoms with E-state index in [-0.39, 0.29) is 0 Å². The highest BCUT2D eigenvalue weighted by Gasteiger charge is 2.25. The van der Waals surface area contributed by atoms with Gasteiger partial charge in [-0.25, -0.2) is 0 Å². The van der Waals surface area contributed by atoms with Crippen molar-refractivity contribution >= 4 is 87.4 Å². The van der Waals surface area contributed by atoms with Crippen LogP contribution in [0.5, 0.6) is 5.75 Å². The van der Waals surface area contributed by atoms with E-state index in [2.05, 4.69) is 103 Å². The molecule has 0 amide bonds. The largest absolute Gasteiger partial charge is 0.493 e. The molecule has 0 radical (unpaired) electrons. The maximum Gasteiger partial charge on any atom is 0.136 e. The van der Waals surface area contributed by atoms with Crippen molar-refractivity contribution in [1.82, 2.24) is 0 Å². The van der Waals surface area contributed by atoms with Crippen molar-refractivity contribution in [2.24, 2.45) is 0 Å². The third-order valence-electron chi connectivity index (χ3n) is 10.8. The number of benzene rings is 8. The molecule has 12 rings (SSSR count). The van der Waals surface area contributed by atoms with Gasteiger partial charge >= 0.3 is 0 Å². The number of hydrogen-bond acceptors (Lipinski definition) is 4. The van der Waals surface area contributed by atoms with Crippen LogP contribution in [0.2, 0.25) is 0 Å². The first-order chi connectivity index (χ1) is 24.8. The van der Waals surface area contributed by atoms with Gasteiger partial charge in [0.15, 0.2) is 0 Å². The van der Waals surface area contributed by atoms with Crippen LogP contribution >= 0.6 is 0 Å². The van der Waals surface area contributed by atoms with E-state index in [0.717, 1.165) is 78.2 Å². The Morgan fingerprint density at radius 1 is 0.380 bits per heavy atom. The minimum Gasteiger partial charge on any atom is -0.493 e. The van der Waals surface area contributed by atoms with Gasteiger partial charge in [0, 0.05) is 44.3 Å². The van der Waals surface area contributed by atoms with E-state index >= 15 is 0 Å². The molecule has 0 N–H and O–H groups in total. The zero-order valence-electron chi connectivity index (χ0n) is 26.7. The van der Waals surface area contributed by atoms with Crippen molar-refractivity contribution in [1.29, 1.82) is 0 Å². The second-order valence-electron chi connectivity index (χ2n) is 13.4. The lowest BCUT2D eigenvalue weighted by Crippen LogP contribution is -1.91. The summed E-state index contributed by atoms with van der Waals surface area (Å²) in [6.45, 7) is 0.697. The molecule has 8 aromatic carbocycles. The van der Waals surface area contributed by atoms with Gasteiger partial charge in [-0.2, -0.15) is 0 Å². The molecule has 0 saturated carbocycles. The van der Waals surface area contributed by atoms with Crippen LogP contribution in [0.1, 0.15) is 5.56 Å². The zero-order valence-corrected chi connectivity index (χ0v) is 26.7. The van der Waals surface area contributed by atoms with Gasteiger partial charge in [-0.15, -0.1) is 0 Å². The van der Waals surface area contributed by atoms with Gasteiger partial charge in [0.05, 0.1) is 6.61 Å². The number of furan rings is 3. The highest BCUT2D eigenvalue weighted by atomic mass is 16.5. The minimum atomic E-state index is 0.697. The highest BCUT2D eigenvalue weighted by Crippen LogP contribution is 2.49. The van der Waals surface area contributed by atoms with Crippen molar-refractivity contribution in [3.05, 3.63) is 139 Å². The predicted octanol–water partition coefficient (Wildman–Crippen LogP) is 13.0. The average molecular weight is 643 g/mol. The summed E-state index contributed by atoms with van der Waals surface area (Å²) in [6, 6.07) is 47.1. The molecule has 0 aliphatic carbocycles. The lowest BCUT2D eigenvalue weighted by Gasteiger charge is -2.18. The fraction of sp³-hybridized carbons (Fsp3) is 0.0435. The molecule has 1 aliphatic rings. The standard InChI is InChI=1S/C46H26O4/c1-3-10-28-26(8-1)41(25-16-17-36-33(24-25)46-40(49-36)21-20-38-43(46)30-12-5-6-14-35(30)48-38)27-9-2-4-11-29(27)42(28)32-13-7-15-37-45(32)44-31-22-23-47-34(31)18-19-39(44)50-37/h1-21,24H,22-23H2. The average Bonchev–Trinajstić information content (AvgIpc) is 3.95. The summed E-state index contributed by atoms with van der Waals surface area (Å²) in [5, 5.41) is 11.5. The van der Waals surface area contributed by atoms with Crippen LogP contribution in [0.3, 0.4) is 0 Å². The zero-order chi connectivity index (χ0) is 32.5. The van der Waals surface area contributed by atoms with Gasteiger partial charge in [0.1, 0.15) is 39.2 Å². The summed E-state index contributed by atoms with van der Waals surface area (Å²) >= 11 is 0. The summed E-state index contributed by atoms with van der Waals surface area (Å²) in [5.74, 6) is 0.961. The second kappa shape index (κ2) is 9.55. The molecule has 0 saturated heterocycles. The van der Waals surface area contributed by atoms with Crippen molar-refractivity contribution < 1.29 is 18.0 Å². The highest BCUT2D eigenvalue weighted by molar-refractivity contribution is 6.28. The van der Waals surface area contributed by atoms with Gasteiger partial charge in [-0.3, -0.25) is 0 Å². The molecule has 234 valence electrons. The Labute approximate surface area is 284 Å². The summed E-state index contributed by atoms with van der Waals surface area (Å²) in [4.78, 5) is 0. The van der Waals surface area contributed by atoms with Gasteiger partial charge in [-0.05, 0) is 92.3 Å². The van der Waals surface area contributed by atoms with Crippen molar-refractivity contribution in [2.75, 3.05) is 6.61 Å². The Kier molecular flexibility index (Phi) is 5.05. The molecule has 4 heteroatoms. The molecule has 0 fully saturated rings. The topological polar surface area (TPSA) is 48.7 Å². The first-order valence-electron chi connectivity index (χ1n) is 17.1. The first-order valence-corrected chi connectivity index (χ1v) is 17.1. The predicted molar refractivity (Wildman–Crippen MR) is 203 cm³/mol. The van der Waals surface area contributed by atoms with E-state index in [4.69, 9.17) is 18.0 Å². The Bertz CT molecular complexity index is 3190. The first kappa shape index (κ1) is 26.4. The molecule has 0 unspecified atom stereocenters. The van der Waals surface area contributed by atoms with Crippen LogP contribution in [0.25, 0.3) is 110 Å². The van der Waals surface area contributed by atoms with Gasteiger partial charge in [0.2, 0.25) is 0 Å².